The van der Waals surface area contributed by atoms with Crippen molar-refractivity contribution in [1.82, 2.24) is 16.0 Å². The lowest BCUT2D eigenvalue weighted by atomic mass is 9.46. The molecule has 0 spiro atoms. The van der Waals surface area contributed by atoms with Gasteiger partial charge in [-0.05, 0) is 136 Å². The number of aliphatic hydroxyl groups is 1. The normalized spacial score (nSPS) is 29.4. The molecule has 3 unspecified atom stereocenters. The Morgan fingerprint density at radius 1 is 0.841 bits per heavy atom. The van der Waals surface area contributed by atoms with Crippen molar-refractivity contribution in [1.29, 1.82) is 0 Å². The van der Waals surface area contributed by atoms with Crippen LogP contribution in [0.5, 0.6) is 5.75 Å². The molecule has 7 N–H and O–H groups in total. The summed E-state index contributed by atoms with van der Waals surface area (Å²) >= 11 is 0. The maximum atomic E-state index is 14.7. The number of anilines is 1. The van der Waals surface area contributed by atoms with Crippen molar-refractivity contribution in [2.24, 2.45) is 63.9 Å². The Morgan fingerprint density at radius 2 is 1.50 bits per heavy atom. The van der Waals surface area contributed by atoms with Crippen molar-refractivity contribution in [3.05, 3.63) is 48.1 Å². The lowest BCUT2D eigenvalue weighted by Gasteiger charge is -2.59. The molecule has 21 nitrogen and oxygen atoms in total. The molecule has 21 heteroatoms. The third-order valence-corrected chi connectivity index (χ3v) is 19.2. The van der Waals surface area contributed by atoms with Gasteiger partial charge < -0.3 is 70.0 Å². The van der Waals surface area contributed by atoms with Crippen molar-refractivity contribution < 1.29 is 76.6 Å². The first kappa shape index (κ1) is 69.7. The monoisotopic (exact) mass is 1230 g/mol. The van der Waals surface area contributed by atoms with Gasteiger partial charge in [-0.25, -0.2) is 9.59 Å². The topological polar surface area (TPSA) is 288 Å². The van der Waals surface area contributed by atoms with E-state index in [9.17, 15) is 38.7 Å². The largest absolute Gasteiger partial charge is 0.486 e. The summed E-state index contributed by atoms with van der Waals surface area (Å²) in [5.41, 5.74) is 4.21. The van der Waals surface area contributed by atoms with Gasteiger partial charge in [0.25, 0.3) is 0 Å². The number of ketones is 3. The van der Waals surface area contributed by atoms with Crippen LogP contribution >= 0.6 is 0 Å². The molecule has 1 aromatic carbocycles. The van der Waals surface area contributed by atoms with Crippen molar-refractivity contribution in [3.8, 4) is 17.6 Å². The molecule has 5 amide bonds. The van der Waals surface area contributed by atoms with E-state index in [1.54, 1.807) is 36.4 Å². The number of hydrogen-bond donors (Lipinski definition) is 6. The zero-order chi connectivity index (χ0) is 63.4. The van der Waals surface area contributed by atoms with E-state index in [4.69, 9.17) is 43.6 Å². The highest BCUT2D eigenvalue weighted by molar-refractivity contribution is 6.01. The molecule has 8 rings (SSSR count). The maximum absolute atomic E-state index is 14.7. The van der Waals surface area contributed by atoms with E-state index in [2.05, 4.69) is 53.9 Å². The van der Waals surface area contributed by atoms with Crippen molar-refractivity contribution >= 4 is 47.0 Å². The van der Waals surface area contributed by atoms with Crippen molar-refractivity contribution in [2.45, 2.75) is 168 Å². The first-order chi connectivity index (χ1) is 42.3. The zero-order valence-corrected chi connectivity index (χ0v) is 53.0. The van der Waals surface area contributed by atoms with E-state index in [1.807, 2.05) is 26.8 Å². The van der Waals surface area contributed by atoms with Crippen LogP contribution in [0.2, 0.25) is 0 Å². The fourth-order valence-corrected chi connectivity index (χ4v) is 14.9. The van der Waals surface area contributed by atoms with Crippen molar-refractivity contribution in [3.63, 3.8) is 0 Å². The number of nitrogens with two attached hydrogens (primary N) is 1. The van der Waals surface area contributed by atoms with Crippen LogP contribution in [-0.2, 0) is 57.1 Å². The summed E-state index contributed by atoms with van der Waals surface area (Å²) in [5, 5.41) is 22.8. The fraction of sp³-hybridized carbons (Fsp3) is 0.716. The average molecular weight is 1230 g/mol. The average Bonchev–Trinajstić information content (AvgIpc) is 1.46. The number of carbonyl (C=O) groups excluding carboxylic acids is 7. The van der Waals surface area contributed by atoms with E-state index >= 15 is 0 Å². The summed E-state index contributed by atoms with van der Waals surface area (Å²) < 4.78 is 46.3. The molecule has 5 fully saturated rings. The second-order valence-corrected chi connectivity index (χ2v) is 25.5. The van der Waals surface area contributed by atoms with Gasteiger partial charge in [-0.15, -0.1) is 11.8 Å². The number of urea groups is 1. The minimum absolute atomic E-state index is 0.0185. The van der Waals surface area contributed by atoms with Crippen LogP contribution in [-0.4, -0.2) is 156 Å². The molecule has 6 aliphatic carbocycles. The van der Waals surface area contributed by atoms with Crippen LogP contribution in [0.15, 0.2) is 48.1 Å². The van der Waals surface area contributed by atoms with Gasteiger partial charge in [-0.3, -0.25) is 24.0 Å². The van der Waals surface area contributed by atoms with E-state index < -0.39 is 58.8 Å². The highest BCUT2D eigenvalue weighted by atomic mass is 16.7. The number of ether oxygens (including phenoxy) is 8. The second kappa shape index (κ2) is 33.4. The Kier molecular flexibility index (Phi) is 26.4. The summed E-state index contributed by atoms with van der Waals surface area (Å²) in [6.45, 7) is 18.7. The smallest absolute Gasteiger partial charge is 0.407 e. The molecule has 1 saturated heterocycles. The number of carbonyl (C=O) groups is 7. The molecule has 0 aromatic heterocycles. The van der Waals surface area contributed by atoms with Crippen LogP contribution in [0.4, 0.5) is 15.3 Å². The summed E-state index contributed by atoms with van der Waals surface area (Å²) in [4.78, 5) is 88.6. The number of alkyl carbamates (subject to hydrolysis) is 1. The maximum Gasteiger partial charge on any atom is 0.407 e. The number of amides is 5. The number of fused-ring (bicyclic) bond motifs is 8. The molecule has 1 heterocycles. The van der Waals surface area contributed by atoms with Gasteiger partial charge in [0.1, 0.15) is 12.4 Å². The quantitative estimate of drug-likeness (QED) is 0.0292. The third-order valence-electron chi connectivity index (χ3n) is 19.2. The third kappa shape index (κ3) is 18.0. The highest BCUT2D eigenvalue weighted by Crippen LogP contribution is 2.70. The Balaban J connectivity index is 0.000000319. The molecular weight excluding hydrogens is 1130 g/mol. The predicted molar refractivity (Wildman–Crippen MR) is 328 cm³/mol. The zero-order valence-electron chi connectivity index (χ0n) is 53.0. The molecule has 488 valence electrons. The van der Waals surface area contributed by atoms with E-state index in [1.165, 1.54) is 6.92 Å². The Labute approximate surface area is 520 Å². The van der Waals surface area contributed by atoms with Crippen LogP contribution in [0.1, 0.15) is 138 Å². The number of rotatable bonds is 33. The van der Waals surface area contributed by atoms with Crippen LogP contribution in [0.3, 0.4) is 0 Å². The SMILES string of the molecule is CCCC1O[C@@H]2C[C@H]3[C@@H]4CCC5=CC(=O)C=C[C@]5(C)[C@H]4[C@@H](O)C[C@]3(C)[C@]2(C(=O)COc2ccc(NC(=O)[C@H](CCCNC(N)=O)CC(=O)[C@@H](NC(C)=O)C(C)C)cc2)O1.CCCOCCOCCOCCOCCNC(=O)OCC1C2CCC#CCCC21. The van der Waals surface area contributed by atoms with Gasteiger partial charge in [0.2, 0.25) is 17.6 Å². The molecule has 13 atom stereocenters. The first-order valence-corrected chi connectivity index (χ1v) is 32.3. The van der Waals surface area contributed by atoms with E-state index in [-0.39, 0.29) is 79.0 Å². The van der Waals surface area contributed by atoms with Gasteiger partial charge in [-0.2, -0.15) is 0 Å². The van der Waals surface area contributed by atoms with E-state index in [0.29, 0.717) is 114 Å². The first-order valence-electron chi connectivity index (χ1n) is 32.3. The molecular formula is C67H99N5O16. The van der Waals surface area contributed by atoms with Gasteiger partial charge in [0.05, 0.1) is 71.1 Å². The molecule has 88 heavy (non-hydrogen) atoms. The van der Waals surface area contributed by atoms with Crippen molar-refractivity contribution in [2.75, 3.05) is 84.5 Å². The molecule has 7 aliphatic rings. The summed E-state index contributed by atoms with van der Waals surface area (Å²) in [6, 6.07) is 5.17. The van der Waals surface area contributed by atoms with E-state index in [0.717, 1.165) is 63.5 Å². The molecule has 4 saturated carbocycles. The molecule has 0 bridgehead atoms. The van der Waals surface area contributed by atoms with Gasteiger partial charge >= 0.3 is 12.1 Å². The number of Topliss-reactive ketones (excluding diaryl/α,β-unsaturated/α-hetero) is 2. The fourth-order valence-electron chi connectivity index (χ4n) is 14.9. The number of nitrogens with one attached hydrogen (secondary N) is 4. The summed E-state index contributed by atoms with van der Waals surface area (Å²) in [5.74, 6) is 6.53. The number of benzene rings is 1. The Bertz CT molecular complexity index is 2640. The lowest BCUT2D eigenvalue weighted by molar-refractivity contribution is -0.200. The minimum atomic E-state index is -1.32. The number of primary amides is 1. The molecule has 0 radical (unpaired) electrons. The summed E-state index contributed by atoms with van der Waals surface area (Å²) in [7, 11) is 0. The van der Waals surface area contributed by atoms with Gasteiger partial charge in [0.15, 0.2) is 23.5 Å². The Morgan fingerprint density at radius 3 is 2.12 bits per heavy atom. The van der Waals surface area contributed by atoms with Crippen LogP contribution < -0.4 is 31.7 Å². The lowest BCUT2D eigenvalue weighted by Crippen LogP contribution is -2.63. The molecule has 1 aromatic rings. The van der Waals surface area contributed by atoms with Crippen LogP contribution in [0, 0.1) is 70.0 Å². The number of hydrogen-bond acceptors (Lipinski definition) is 16. The standard InChI is InChI=1S/C45H62N4O10.C22H37NO6/c1-7-9-38-58-37-22-33-32-16-11-28-21-30(51)17-18-43(28,5)39(32)35(53)23-44(33,6)45(37,59-38)36(54)24-57-31-14-12-29(13-15-31)49-41(55)27(10-8-19-47-42(46)56)20-34(52)40(25(2)3)48-26(4)50;1-2-10-25-12-14-27-16-17-28-15-13-26-11-9-23-22(24)29-18-21-19-7-5-3-4-6-8-20(19)21/h12-15,17-18,21,25,27,32-33,35,37-40,53H,7-11,16,19-20,22-24H2,1-6H3,(H,48,50)(H,49,55)(H3,46,47,56);19-21H,2,5-18H2,1H3,(H,23,24)/t27-,32+,33+,35+,37-,38?,39-,40+,43+,44+,45-;/m1./s1. The van der Waals surface area contributed by atoms with Crippen LogP contribution in [0.25, 0.3) is 0 Å². The predicted octanol–water partition coefficient (Wildman–Crippen LogP) is 7.56. The summed E-state index contributed by atoms with van der Waals surface area (Å²) in [6.07, 6.45) is 13.0. The molecule has 1 aliphatic heterocycles. The highest BCUT2D eigenvalue weighted by Gasteiger charge is 2.76. The number of aliphatic hydroxyl groups excluding tert-OH is 1. The Hall–Kier alpha value is -5.73. The second-order valence-electron chi connectivity index (χ2n) is 25.5. The number of allylic oxidation sites excluding steroid dienone is 4. The minimum Gasteiger partial charge on any atom is -0.486 e. The van der Waals surface area contributed by atoms with Gasteiger partial charge in [-0.1, -0.05) is 59.6 Å². The van der Waals surface area contributed by atoms with Gasteiger partial charge in [0, 0.05) is 74.2 Å².